The normalized spacial score (nSPS) is 11.3. The molecule has 0 amide bonds. The number of pyridine rings is 1. The van der Waals surface area contributed by atoms with Crippen molar-refractivity contribution in [1.82, 2.24) is 4.98 Å². The van der Waals surface area contributed by atoms with Crippen LogP contribution in [0.1, 0.15) is 0 Å². The van der Waals surface area contributed by atoms with Gasteiger partial charge in [-0.05, 0) is 12.1 Å². The van der Waals surface area contributed by atoms with Crippen LogP contribution in [0, 0.1) is 11.6 Å². The zero-order valence-electron chi connectivity index (χ0n) is 9.77. The highest BCUT2D eigenvalue weighted by Gasteiger charge is 2.19. The van der Waals surface area contributed by atoms with Crippen LogP contribution in [0.2, 0.25) is 5.02 Å². The molecule has 20 heavy (non-hydrogen) atoms. The summed E-state index contributed by atoms with van der Waals surface area (Å²) in [6, 6.07) is 3.58. The zero-order valence-corrected chi connectivity index (χ0v) is 11.3. The van der Waals surface area contributed by atoms with Crippen molar-refractivity contribution in [3.63, 3.8) is 0 Å². The van der Waals surface area contributed by atoms with Crippen LogP contribution >= 0.6 is 11.6 Å². The highest BCUT2D eigenvalue weighted by molar-refractivity contribution is 7.92. The first-order chi connectivity index (χ1) is 9.29. The van der Waals surface area contributed by atoms with Crippen molar-refractivity contribution in [2.24, 2.45) is 0 Å². The van der Waals surface area contributed by atoms with Crippen LogP contribution in [0.25, 0.3) is 0 Å². The van der Waals surface area contributed by atoms with Crippen LogP contribution in [0.5, 0.6) is 0 Å². The van der Waals surface area contributed by atoms with Crippen molar-refractivity contribution in [1.29, 1.82) is 0 Å². The standard InChI is InChI=1S/C11H8ClF2N3O2S/c12-8-3-6(13)4-9(14)11(8)17-20(18,19)7-1-2-16-10(15)5-7/h1-5,17H,(H2,15,16). The summed E-state index contributed by atoms with van der Waals surface area (Å²) in [6.07, 6.45) is 1.19. The summed E-state index contributed by atoms with van der Waals surface area (Å²) in [4.78, 5) is 3.43. The molecule has 2 rings (SSSR count). The summed E-state index contributed by atoms with van der Waals surface area (Å²) in [5.74, 6) is -2.05. The van der Waals surface area contributed by atoms with Crippen molar-refractivity contribution in [3.05, 3.63) is 47.1 Å². The fourth-order valence-electron chi connectivity index (χ4n) is 1.43. The lowest BCUT2D eigenvalue weighted by molar-refractivity contribution is 0.583. The summed E-state index contributed by atoms with van der Waals surface area (Å²) in [7, 11) is -4.11. The molecule has 0 spiro atoms. The molecule has 0 aliphatic heterocycles. The lowest BCUT2D eigenvalue weighted by Gasteiger charge is -2.10. The quantitative estimate of drug-likeness (QED) is 0.909. The maximum absolute atomic E-state index is 13.5. The first kappa shape index (κ1) is 14.5. The third-order valence-corrected chi connectivity index (χ3v) is 3.95. The average molecular weight is 320 g/mol. The van der Waals surface area contributed by atoms with Crippen molar-refractivity contribution < 1.29 is 17.2 Å². The van der Waals surface area contributed by atoms with E-state index in [0.29, 0.717) is 6.07 Å². The van der Waals surface area contributed by atoms with Crippen LogP contribution in [-0.2, 0) is 10.0 Å². The fourth-order valence-corrected chi connectivity index (χ4v) is 2.84. The Bertz CT molecular complexity index is 745. The third kappa shape index (κ3) is 2.97. The number of benzene rings is 1. The first-order valence-corrected chi connectivity index (χ1v) is 7.04. The molecule has 106 valence electrons. The molecule has 2 aromatic rings. The molecule has 0 aliphatic carbocycles. The number of nitrogens with two attached hydrogens (primary N) is 1. The predicted molar refractivity (Wildman–Crippen MR) is 70.8 cm³/mol. The van der Waals surface area contributed by atoms with E-state index in [1.54, 1.807) is 0 Å². The van der Waals surface area contributed by atoms with E-state index in [4.69, 9.17) is 17.3 Å². The van der Waals surface area contributed by atoms with Gasteiger partial charge in [0, 0.05) is 18.3 Å². The number of hydrogen-bond acceptors (Lipinski definition) is 4. The summed E-state index contributed by atoms with van der Waals surface area (Å²) >= 11 is 5.62. The molecule has 0 atom stereocenters. The number of nitrogens with one attached hydrogen (secondary N) is 1. The second-order valence-electron chi connectivity index (χ2n) is 3.77. The van der Waals surface area contributed by atoms with E-state index in [1.807, 2.05) is 4.72 Å². The van der Waals surface area contributed by atoms with Gasteiger partial charge in [-0.15, -0.1) is 0 Å². The maximum atomic E-state index is 13.5. The van der Waals surface area contributed by atoms with Gasteiger partial charge in [0.05, 0.1) is 9.92 Å². The zero-order chi connectivity index (χ0) is 14.9. The molecular formula is C11H8ClF2N3O2S. The molecule has 0 saturated heterocycles. The molecule has 0 unspecified atom stereocenters. The van der Waals surface area contributed by atoms with Crippen molar-refractivity contribution >= 4 is 33.1 Å². The van der Waals surface area contributed by atoms with Gasteiger partial charge in [0.15, 0.2) is 5.82 Å². The Hall–Kier alpha value is -1.93. The van der Waals surface area contributed by atoms with Gasteiger partial charge >= 0.3 is 0 Å². The number of halogens is 3. The van der Waals surface area contributed by atoms with Crippen LogP contribution in [0.3, 0.4) is 0 Å². The Labute approximate surface area is 118 Å². The van der Waals surface area contributed by atoms with Gasteiger partial charge in [-0.2, -0.15) is 0 Å². The van der Waals surface area contributed by atoms with E-state index in [-0.39, 0.29) is 10.7 Å². The van der Waals surface area contributed by atoms with Gasteiger partial charge in [0.1, 0.15) is 17.3 Å². The minimum Gasteiger partial charge on any atom is -0.384 e. The average Bonchev–Trinajstić information content (AvgIpc) is 2.34. The highest BCUT2D eigenvalue weighted by Crippen LogP contribution is 2.28. The van der Waals surface area contributed by atoms with Gasteiger partial charge in [-0.3, -0.25) is 4.72 Å². The predicted octanol–water partition coefficient (Wildman–Crippen LogP) is 2.40. The monoisotopic (exact) mass is 319 g/mol. The Morgan fingerprint density at radius 1 is 1.25 bits per heavy atom. The van der Waals surface area contributed by atoms with Gasteiger partial charge in [0.2, 0.25) is 0 Å². The lowest BCUT2D eigenvalue weighted by atomic mass is 10.3. The molecule has 0 radical (unpaired) electrons. The molecule has 0 bridgehead atoms. The Balaban J connectivity index is 2.44. The molecule has 1 aromatic heterocycles. The summed E-state index contributed by atoms with van der Waals surface area (Å²) in [5.41, 5.74) is 4.84. The number of nitrogens with zero attached hydrogens (tertiary/aromatic N) is 1. The minimum absolute atomic E-state index is 0.0152. The molecule has 3 N–H and O–H groups in total. The van der Waals surface area contributed by atoms with E-state index in [1.165, 1.54) is 12.3 Å². The fraction of sp³-hybridized carbons (Fsp3) is 0. The minimum atomic E-state index is -4.11. The number of sulfonamides is 1. The smallest absolute Gasteiger partial charge is 0.262 e. The molecule has 1 aromatic carbocycles. The largest absolute Gasteiger partial charge is 0.384 e. The number of rotatable bonds is 3. The number of nitrogen functional groups attached to an aromatic ring is 1. The van der Waals surface area contributed by atoms with Gasteiger partial charge in [-0.1, -0.05) is 11.6 Å². The molecule has 5 nitrogen and oxygen atoms in total. The Morgan fingerprint density at radius 3 is 2.55 bits per heavy atom. The molecule has 9 heteroatoms. The second kappa shape index (κ2) is 5.22. The molecule has 0 saturated carbocycles. The van der Waals surface area contributed by atoms with Gasteiger partial charge in [-0.25, -0.2) is 22.2 Å². The van der Waals surface area contributed by atoms with Crippen LogP contribution in [0.4, 0.5) is 20.3 Å². The topological polar surface area (TPSA) is 85.1 Å². The number of aromatic nitrogens is 1. The van der Waals surface area contributed by atoms with Crippen molar-refractivity contribution in [3.8, 4) is 0 Å². The highest BCUT2D eigenvalue weighted by atomic mass is 35.5. The number of hydrogen-bond donors (Lipinski definition) is 2. The van der Waals surface area contributed by atoms with E-state index in [0.717, 1.165) is 12.1 Å². The van der Waals surface area contributed by atoms with E-state index >= 15 is 0 Å². The third-order valence-electron chi connectivity index (χ3n) is 2.31. The summed E-state index contributed by atoms with van der Waals surface area (Å²) in [5, 5.41) is -0.395. The molecule has 0 fully saturated rings. The van der Waals surface area contributed by atoms with Crippen LogP contribution in [-0.4, -0.2) is 13.4 Å². The Morgan fingerprint density at radius 2 is 1.95 bits per heavy atom. The van der Waals surface area contributed by atoms with Crippen LogP contribution < -0.4 is 10.5 Å². The molecule has 1 heterocycles. The maximum Gasteiger partial charge on any atom is 0.262 e. The summed E-state index contributed by atoms with van der Waals surface area (Å²) < 4.78 is 52.4. The van der Waals surface area contributed by atoms with Gasteiger partial charge in [0.25, 0.3) is 10.0 Å². The van der Waals surface area contributed by atoms with Gasteiger partial charge < -0.3 is 5.73 Å². The van der Waals surface area contributed by atoms with Crippen molar-refractivity contribution in [2.45, 2.75) is 4.90 Å². The van der Waals surface area contributed by atoms with Crippen LogP contribution in [0.15, 0.2) is 35.4 Å². The van der Waals surface area contributed by atoms with E-state index in [2.05, 4.69) is 4.98 Å². The SMILES string of the molecule is Nc1cc(S(=O)(=O)Nc2c(F)cc(F)cc2Cl)ccn1. The van der Waals surface area contributed by atoms with Crippen molar-refractivity contribution in [2.75, 3.05) is 10.5 Å². The molecular weight excluding hydrogens is 312 g/mol. The molecule has 0 aliphatic rings. The number of anilines is 2. The second-order valence-corrected chi connectivity index (χ2v) is 5.86. The van der Waals surface area contributed by atoms with E-state index < -0.39 is 32.4 Å². The first-order valence-electron chi connectivity index (χ1n) is 5.18. The van der Waals surface area contributed by atoms with E-state index in [9.17, 15) is 17.2 Å². The summed E-state index contributed by atoms with van der Waals surface area (Å²) in [6.45, 7) is 0. The lowest BCUT2D eigenvalue weighted by Crippen LogP contribution is -2.15. The Kier molecular flexibility index (Phi) is 3.78.